The summed E-state index contributed by atoms with van der Waals surface area (Å²) in [5, 5.41) is 12.0. The first kappa shape index (κ1) is 16.4. The summed E-state index contributed by atoms with van der Waals surface area (Å²) in [5.74, 6) is 0. The zero-order valence-electron chi connectivity index (χ0n) is 9.72. The smallest absolute Gasteiger partial charge is 0.326 e. The van der Waals surface area contributed by atoms with E-state index in [0.717, 1.165) is 24.3 Å². The van der Waals surface area contributed by atoms with Gasteiger partial charge in [-0.15, -0.1) is 0 Å². The standard InChI is InChI=1S/C9H10F3N2O5P/c10-9(11,12)6-1-3-7(4-2-6)14-8(15)13-5-20(17,18)19-16/h1-4,16H,5H2,(H,17,18)(H2,13,14,15). The van der Waals surface area contributed by atoms with Crippen LogP contribution in [0, 0.1) is 0 Å². The van der Waals surface area contributed by atoms with Crippen LogP contribution < -0.4 is 10.6 Å². The summed E-state index contributed by atoms with van der Waals surface area (Å²) in [7, 11) is -4.33. The van der Waals surface area contributed by atoms with Crippen LogP contribution in [-0.4, -0.2) is 22.5 Å². The Labute approximate surface area is 110 Å². The first-order chi connectivity index (χ1) is 9.14. The van der Waals surface area contributed by atoms with Crippen LogP contribution >= 0.6 is 7.60 Å². The van der Waals surface area contributed by atoms with E-state index in [1.807, 2.05) is 5.32 Å². The summed E-state index contributed by atoms with van der Waals surface area (Å²) in [4.78, 5) is 20.0. The van der Waals surface area contributed by atoms with E-state index >= 15 is 0 Å². The zero-order chi connectivity index (χ0) is 15.4. The fourth-order valence-electron chi connectivity index (χ4n) is 1.12. The number of halogens is 3. The van der Waals surface area contributed by atoms with Gasteiger partial charge in [0.1, 0.15) is 6.29 Å². The largest absolute Gasteiger partial charge is 0.416 e. The van der Waals surface area contributed by atoms with E-state index in [9.17, 15) is 22.5 Å². The molecule has 1 aromatic rings. The predicted molar refractivity (Wildman–Crippen MR) is 62.0 cm³/mol. The minimum atomic E-state index is -4.48. The fourth-order valence-corrected chi connectivity index (χ4v) is 1.52. The van der Waals surface area contributed by atoms with Crippen molar-refractivity contribution in [1.29, 1.82) is 0 Å². The van der Waals surface area contributed by atoms with Crippen LogP contribution in [0.15, 0.2) is 24.3 Å². The molecule has 1 unspecified atom stereocenters. The van der Waals surface area contributed by atoms with Gasteiger partial charge in [0.25, 0.3) is 0 Å². The molecule has 1 atom stereocenters. The molecule has 20 heavy (non-hydrogen) atoms. The van der Waals surface area contributed by atoms with Gasteiger partial charge in [-0.1, -0.05) is 0 Å². The first-order valence-corrected chi connectivity index (χ1v) is 6.77. The molecule has 0 fully saturated rings. The Kier molecular flexibility index (Phi) is 5.12. The molecule has 11 heteroatoms. The fraction of sp³-hybridized carbons (Fsp3) is 0.222. The minimum absolute atomic E-state index is 0.0492. The molecule has 0 aliphatic heterocycles. The molecule has 0 saturated carbocycles. The molecule has 2 amide bonds. The van der Waals surface area contributed by atoms with Crippen LogP contribution in [-0.2, 0) is 15.4 Å². The average Bonchev–Trinajstić information content (AvgIpc) is 2.36. The maximum Gasteiger partial charge on any atom is 0.416 e. The van der Waals surface area contributed by atoms with E-state index in [0.29, 0.717) is 0 Å². The van der Waals surface area contributed by atoms with Gasteiger partial charge in [0.2, 0.25) is 0 Å². The van der Waals surface area contributed by atoms with Gasteiger partial charge in [-0.3, -0.25) is 4.57 Å². The van der Waals surface area contributed by atoms with Crippen LogP contribution in [0.5, 0.6) is 0 Å². The lowest BCUT2D eigenvalue weighted by atomic mass is 10.2. The number of benzene rings is 1. The summed E-state index contributed by atoms with van der Waals surface area (Å²) in [5.41, 5.74) is -0.829. The number of hydrogen-bond donors (Lipinski definition) is 4. The van der Waals surface area contributed by atoms with Crippen LogP contribution in [0.3, 0.4) is 0 Å². The Hall–Kier alpha value is -1.61. The van der Waals surface area contributed by atoms with Gasteiger partial charge in [0, 0.05) is 5.69 Å². The molecule has 0 bridgehead atoms. The summed E-state index contributed by atoms with van der Waals surface area (Å²) >= 11 is 0. The number of urea groups is 1. The van der Waals surface area contributed by atoms with Crippen molar-refractivity contribution >= 4 is 19.3 Å². The minimum Gasteiger partial charge on any atom is -0.326 e. The summed E-state index contributed by atoms with van der Waals surface area (Å²) < 4.78 is 50.9. The van der Waals surface area contributed by atoms with Crippen molar-refractivity contribution < 1.29 is 37.4 Å². The maximum absolute atomic E-state index is 12.3. The van der Waals surface area contributed by atoms with Crippen molar-refractivity contribution in [3.8, 4) is 0 Å². The SMILES string of the molecule is O=C(NCP(=O)(O)OO)Nc1ccc(C(F)(F)F)cc1. The van der Waals surface area contributed by atoms with Crippen LogP contribution in [0.2, 0.25) is 0 Å². The molecule has 7 nitrogen and oxygen atoms in total. The van der Waals surface area contributed by atoms with Gasteiger partial charge >= 0.3 is 19.8 Å². The number of rotatable bonds is 4. The molecule has 0 radical (unpaired) electrons. The maximum atomic E-state index is 12.3. The number of anilines is 1. The monoisotopic (exact) mass is 314 g/mol. The van der Waals surface area contributed by atoms with Crippen LogP contribution in [0.25, 0.3) is 0 Å². The summed E-state index contributed by atoms with van der Waals surface area (Å²) in [6.45, 7) is 0. The highest BCUT2D eigenvalue weighted by Gasteiger charge is 2.30. The Morgan fingerprint density at radius 1 is 1.30 bits per heavy atom. The lowest BCUT2D eigenvalue weighted by molar-refractivity contribution is -0.145. The van der Waals surface area contributed by atoms with Crippen LogP contribution in [0.4, 0.5) is 23.7 Å². The van der Waals surface area contributed by atoms with E-state index in [1.54, 1.807) is 0 Å². The number of carbonyl (C=O) groups excluding carboxylic acids is 1. The highest BCUT2D eigenvalue weighted by molar-refractivity contribution is 7.52. The molecule has 4 N–H and O–H groups in total. The van der Waals surface area contributed by atoms with Crippen molar-refractivity contribution in [2.24, 2.45) is 0 Å². The second kappa shape index (κ2) is 6.23. The second-order valence-electron chi connectivity index (χ2n) is 3.58. The normalized spacial score (nSPS) is 14.4. The molecule has 112 valence electrons. The molecule has 0 aromatic heterocycles. The number of amides is 2. The lowest BCUT2D eigenvalue weighted by Crippen LogP contribution is -2.29. The van der Waals surface area contributed by atoms with Gasteiger partial charge in [0.05, 0.1) is 5.56 Å². The third kappa shape index (κ3) is 5.17. The molecule has 1 aromatic carbocycles. The number of nitrogens with one attached hydrogen (secondary N) is 2. The number of hydrogen-bond acceptors (Lipinski definition) is 4. The van der Waals surface area contributed by atoms with Crippen molar-refractivity contribution in [1.82, 2.24) is 5.32 Å². The van der Waals surface area contributed by atoms with Crippen molar-refractivity contribution in [3.05, 3.63) is 29.8 Å². The van der Waals surface area contributed by atoms with E-state index < -0.39 is 31.7 Å². The molecule has 0 aliphatic rings. The van der Waals surface area contributed by atoms with Gasteiger partial charge in [-0.2, -0.15) is 17.8 Å². The third-order valence-electron chi connectivity index (χ3n) is 2.04. The quantitative estimate of drug-likeness (QED) is 0.388. The summed E-state index contributed by atoms with van der Waals surface area (Å²) in [6, 6.07) is 2.62. The summed E-state index contributed by atoms with van der Waals surface area (Å²) in [6.07, 6.45) is -5.35. The topological polar surface area (TPSA) is 108 Å². The van der Waals surface area contributed by atoms with Crippen LogP contribution in [0.1, 0.15) is 5.56 Å². The van der Waals surface area contributed by atoms with E-state index in [2.05, 4.69) is 9.99 Å². The van der Waals surface area contributed by atoms with Crippen molar-refractivity contribution in [2.45, 2.75) is 6.18 Å². The van der Waals surface area contributed by atoms with Gasteiger partial charge in [0.15, 0.2) is 0 Å². The Balaban J connectivity index is 2.57. The third-order valence-corrected chi connectivity index (χ3v) is 2.85. The van der Waals surface area contributed by atoms with Crippen molar-refractivity contribution in [3.63, 3.8) is 0 Å². The van der Waals surface area contributed by atoms with E-state index in [4.69, 9.17) is 10.2 Å². The Bertz CT molecular complexity index is 519. The average molecular weight is 314 g/mol. The molecule has 0 saturated heterocycles. The predicted octanol–water partition coefficient (Wildman–Crippen LogP) is 2.46. The molecule has 0 heterocycles. The molecule has 1 rings (SSSR count). The highest BCUT2D eigenvalue weighted by Crippen LogP contribution is 2.38. The molecule has 0 spiro atoms. The van der Waals surface area contributed by atoms with Gasteiger partial charge in [-0.25, -0.2) is 10.1 Å². The van der Waals surface area contributed by atoms with Gasteiger partial charge in [-0.05, 0) is 24.3 Å². The molecular formula is C9H10F3N2O5P. The number of carbonyl (C=O) groups is 1. The van der Waals surface area contributed by atoms with Gasteiger partial charge < -0.3 is 15.5 Å². The number of alkyl halides is 3. The molecule has 0 aliphatic carbocycles. The van der Waals surface area contributed by atoms with E-state index in [-0.39, 0.29) is 5.69 Å². The Morgan fingerprint density at radius 2 is 1.85 bits per heavy atom. The Morgan fingerprint density at radius 3 is 2.30 bits per heavy atom. The van der Waals surface area contributed by atoms with Crippen molar-refractivity contribution in [2.75, 3.05) is 11.6 Å². The lowest BCUT2D eigenvalue weighted by Gasteiger charge is -2.11. The van der Waals surface area contributed by atoms with E-state index in [1.165, 1.54) is 0 Å². The molecular weight excluding hydrogens is 304 g/mol. The highest BCUT2D eigenvalue weighted by atomic mass is 31.2. The first-order valence-electron chi connectivity index (χ1n) is 5.01. The second-order valence-corrected chi connectivity index (χ2v) is 5.34. The zero-order valence-corrected chi connectivity index (χ0v) is 10.6.